The standard InChI is InChI=1S/C21H21N5O5/c1-10-22-18-13(20(28)25-14-6-7-17(27)26-21(14)29)9-15(24-19(18)23-10)12-5-4-11(30-2)8-16(12)31-3/h4-5,8-9,14H,6-7H2,1-3H3,(H,25,28)(H,22,23,24)(H,26,27,29). The number of carbonyl (C=O) groups excluding carboxylic acids is 3. The minimum absolute atomic E-state index is 0.167. The highest BCUT2D eigenvalue weighted by Crippen LogP contribution is 2.34. The second-order valence-corrected chi connectivity index (χ2v) is 7.12. The summed E-state index contributed by atoms with van der Waals surface area (Å²) < 4.78 is 10.7. The van der Waals surface area contributed by atoms with E-state index >= 15 is 0 Å². The van der Waals surface area contributed by atoms with Gasteiger partial charge >= 0.3 is 0 Å². The van der Waals surface area contributed by atoms with E-state index in [-0.39, 0.29) is 24.3 Å². The lowest BCUT2D eigenvalue weighted by Crippen LogP contribution is -2.52. The molecule has 1 atom stereocenters. The molecule has 160 valence electrons. The van der Waals surface area contributed by atoms with Gasteiger partial charge in [0, 0.05) is 18.1 Å². The number of H-pyrrole nitrogens is 1. The highest BCUT2D eigenvalue weighted by Gasteiger charge is 2.29. The zero-order valence-corrected chi connectivity index (χ0v) is 17.2. The first kappa shape index (κ1) is 20.3. The number of rotatable bonds is 5. The van der Waals surface area contributed by atoms with Crippen LogP contribution in [-0.2, 0) is 9.59 Å². The van der Waals surface area contributed by atoms with Crippen molar-refractivity contribution in [2.24, 2.45) is 0 Å². The van der Waals surface area contributed by atoms with Crippen molar-refractivity contribution in [3.63, 3.8) is 0 Å². The molecular formula is C21H21N5O5. The van der Waals surface area contributed by atoms with Gasteiger partial charge in [0.2, 0.25) is 11.8 Å². The zero-order valence-electron chi connectivity index (χ0n) is 17.2. The summed E-state index contributed by atoms with van der Waals surface area (Å²) in [6.07, 6.45) is 0.408. The van der Waals surface area contributed by atoms with Crippen LogP contribution in [0.2, 0.25) is 0 Å². The molecule has 0 saturated carbocycles. The molecule has 3 N–H and O–H groups in total. The number of ether oxygens (including phenoxy) is 2. The number of aromatic nitrogens is 3. The Bertz CT molecular complexity index is 1200. The Morgan fingerprint density at radius 1 is 1.16 bits per heavy atom. The van der Waals surface area contributed by atoms with Gasteiger partial charge in [0.25, 0.3) is 5.91 Å². The van der Waals surface area contributed by atoms with Gasteiger partial charge in [-0.25, -0.2) is 9.97 Å². The third-order valence-corrected chi connectivity index (χ3v) is 5.05. The van der Waals surface area contributed by atoms with E-state index in [0.29, 0.717) is 39.7 Å². The number of piperidine rings is 1. The molecule has 1 aromatic carbocycles. The number of hydrogen-bond acceptors (Lipinski definition) is 7. The van der Waals surface area contributed by atoms with Crippen LogP contribution in [0.25, 0.3) is 22.4 Å². The SMILES string of the molecule is COc1ccc(-c2cc(C(=O)NC3CCC(=O)NC3=O)c3[nH]c(C)nc3n2)c(OC)c1. The molecule has 1 aliphatic heterocycles. The molecule has 0 spiro atoms. The lowest BCUT2D eigenvalue weighted by atomic mass is 10.0. The highest BCUT2D eigenvalue weighted by atomic mass is 16.5. The van der Waals surface area contributed by atoms with Crippen LogP contribution in [0.1, 0.15) is 29.0 Å². The number of carbonyl (C=O) groups is 3. The van der Waals surface area contributed by atoms with E-state index in [9.17, 15) is 14.4 Å². The summed E-state index contributed by atoms with van der Waals surface area (Å²) in [4.78, 5) is 48.5. The third kappa shape index (κ3) is 3.91. The Hall–Kier alpha value is -3.95. The molecule has 1 aliphatic rings. The van der Waals surface area contributed by atoms with Crippen LogP contribution in [0, 0.1) is 6.92 Å². The number of pyridine rings is 1. The number of nitrogens with zero attached hydrogens (tertiary/aromatic N) is 2. The van der Waals surface area contributed by atoms with E-state index in [4.69, 9.17) is 9.47 Å². The molecule has 4 rings (SSSR count). The lowest BCUT2D eigenvalue weighted by Gasteiger charge is -2.22. The maximum atomic E-state index is 13.1. The second-order valence-electron chi connectivity index (χ2n) is 7.12. The number of aromatic amines is 1. The molecule has 2 aromatic heterocycles. The Morgan fingerprint density at radius 3 is 2.68 bits per heavy atom. The summed E-state index contributed by atoms with van der Waals surface area (Å²) in [6.45, 7) is 1.76. The van der Waals surface area contributed by atoms with Gasteiger partial charge in [0.05, 0.1) is 31.0 Å². The first-order valence-corrected chi connectivity index (χ1v) is 9.64. The average molecular weight is 423 g/mol. The number of fused-ring (bicyclic) bond motifs is 1. The van der Waals surface area contributed by atoms with E-state index in [2.05, 4.69) is 25.6 Å². The highest BCUT2D eigenvalue weighted by molar-refractivity contribution is 6.08. The van der Waals surface area contributed by atoms with Crippen LogP contribution in [0.5, 0.6) is 11.5 Å². The van der Waals surface area contributed by atoms with Crippen molar-refractivity contribution in [1.82, 2.24) is 25.6 Å². The van der Waals surface area contributed by atoms with Gasteiger partial charge < -0.3 is 19.8 Å². The number of benzene rings is 1. The molecular weight excluding hydrogens is 402 g/mol. The van der Waals surface area contributed by atoms with Gasteiger partial charge in [0.1, 0.15) is 23.4 Å². The molecule has 31 heavy (non-hydrogen) atoms. The van der Waals surface area contributed by atoms with Crippen LogP contribution < -0.4 is 20.1 Å². The van der Waals surface area contributed by atoms with E-state index < -0.39 is 17.9 Å². The molecule has 0 radical (unpaired) electrons. The molecule has 10 nitrogen and oxygen atoms in total. The average Bonchev–Trinajstić information content (AvgIpc) is 3.14. The molecule has 3 heterocycles. The van der Waals surface area contributed by atoms with Gasteiger partial charge in [-0.2, -0.15) is 0 Å². The molecule has 1 saturated heterocycles. The summed E-state index contributed by atoms with van der Waals surface area (Å²) in [7, 11) is 3.09. The smallest absolute Gasteiger partial charge is 0.254 e. The van der Waals surface area contributed by atoms with Crippen LogP contribution in [0.15, 0.2) is 24.3 Å². The maximum Gasteiger partial charge on any atom is 0.254 e. The number of aryl methyl sites for hydroxylation is 1. The van der Waals surface area contributed by atoms with Gasteiger partial charge in [-0.15, -0.1) is 0 Å². The van der Waals surface area contributed by atoms with Crippen LogP contribution >= 0.6 is 0 Å². The number of hydrogen-bond donors (Lipinski definition) is 3. The predicted octanol–water partition coefficient (Wildman–Crippen LogP) is 1.49. The van der Waals surface area contributed by atoms with Gasteiger partial charge in [0.15, 0.2) is 5.65 Å². The maximum absolute atomic E-state index is 13.1. The number of methoxy groups -OCH3 is 2. The van der Waals surface area contributed by atoms with Gasteiger partial charge in [-0.3, -0.25) is 19.7 Å². The Morgan fingerprint density at radius 2 is 1.97 bits per heavy atom. The van der Waals surface area contributed by atoms with E-state index in [0.717, 1.165) is 0 Å². The van der Waals surface area contributed by atoms with Gasteiger partial charge in [-0.1, -0.05) is 0 Å². The van der Waals surface area contributed by atoms with Crippen molar-refractivity contribution >= 4 is 28.9 Å². The fourth-order valence-corrected chi connectivity index (χ4v) is 3.50. The second kappa shape index (κ2) is 8.05. The van der Waals surface area contributed by atoms with Crippen molar-refractivity contribution < 1.29 is 23.9 Å². The third-order valence-electron chi connectivity index (χ3n) is 5.05. The fraction of sp³-hybridized carbons (Fsp3) is 0.286. The predicted molar refractivity (Wildman–Crippen MR) is 111 cm³/mol. The Kier molecular flexibility index (Phi) is 5.28. The Balaban J connectivity index is 1.76. The largest absolute Gasteiger partial charge is 0.497 e. The van der Waals surface area contributed by atoms with Crippen molar-refractivity contribution in [2.75, 3.05) is 14.2 Å². The van der Waals surface area contributed by atoms with Crippen molar-refractivity contribution in [3.8, 4) is 22.8 Å². The monoisotopic (exact) mass is 423 g/mol. The summed E-state index contributed by atoms with van der Waals surface area (Å²) >= 11 is 0. The van der Waals surface area contributed by atoms with Gasteiger partial charge in [-0.05, 0) is 31.5 Å². The number of imide groups is 1. The molecule has 1 unspecified atom stereocenters. The van der Waals surface area contributed by atoms with Crippen LogP contribution in [-0.4, -0.2) is 52.9 Å². The number of amides is 3. The van der Waals surface area contributed by atoms with Crippen LogP contribution in [0.4, 0.5) is 0 Å². The van der Waals surface area contributed by atoms with E-state index in [1.54, 1.807) is 38.3 Å². The van der Waals surface area contributed by atoms with E-state index in [1.165, 1.54) is 7.11 Å². The normalized spacial score (nSPS) is 16.2. The van der Waals surface area contributed by atoms with Crippen molar-refractivity contribution in [3.05, 3.63) is 35.7 Å². The summed E-state index contributed by atoms with van der Waals surface area (Å²) in [5.41, 5.74) is 2.23. The van der Waals surface area contributed by atoms with Crippen LogP contribution in [0.3, 0.4) is 0 Å². The molecule has 0 bridgehead atoms. The molecule has 0 aliphatic carbocycles. The van der Waals surface area contributed by atoms with Crippen molar-refractivity contribution in [2.45, 2.75) is 25.8 Å². The summed E-state index contributed by atoms with van der Waals surface area (Å²) in [5, 5.41) is 4.94. The molecule has 10 heteroatoms. The molecule has 1 fully saturated rings. The number of nitrogens with one attached hydrogen (secondary N) is 3. The topological polar surface area (TPSA) is 135 Å². The minimum atomic E-state index is -0.795. The minimum Gasteiger partial charge on any atom is -0.497 e. The lowest BCUT2D eigenvalue weighted by molar-refractivity contribution is -0.134. The first-order valence-electron chi connectivity index (χ1n) is 9.64. The van der Waals surface area contributed by atoms with Crippen molar-refractivity contribution in [1.29, 1.82) is 0 Å². The molecule has 3 amide bonds. The Labute approximate surface area is 177 Å². The summed E-state index contributed by atoms with van der Waals surface area (Å²) in [6, 6.07) is 6.10. The first-order chi connectivity index (χ1) is 14.9. The quantitative estimate of drug-likeness (QED) is 0.529. The fourth-order valence-electron chi connectivity index (χ4n) is 3.50. The summed E-state index contributed by atoms with van der Waals surface area (Å²) in [5.74, 6) is 0.395. The van der Waals surface area contributed by atoms with E-state index in [1.807, 2.05) is 0 Å². The zero-order chi connectivity index (χ0) is 22.1. The number of imidazole rings is 1. The molecule has 3 aromatic rings.